The van der Waals surface area contributed by atoms with E-state index in [-0.39, 0.29) is 11.5 Å². The van der Waals surface area contributed by atoms with Crippen LogP contribution in [0.4, 0.5) is 5.69 Å². The van der Waals surface area contributed by atoms with E-state index in [2.05, 4.69) is 15.5 Å². The van der Waals surface area contributed by atoms with Gasteiger partial charge in [-0.05, 0) is 37.1 Å². The molecule has 0 aliphatic heterocycles. The maximum Gasteiger partial charge on any atom is 0.264 e. The normalized spacial score (nSPS) is 10.4. The van der Waals surface area contributed by atoms with Crippen molar-refractivity contribution in [3.05, 3.63) is 40.7 Å². The highest BCUT2D eigenvalue weighted by Gasteiger charge is 2.04. The minimum absolute atomic E-state index is 0.0127. The third-order valence-electron chi connectivity index (χ3n) is 2.93. The van der Waals surface area contributed by atoms with Gasteiger partial charge in [0.1, 0.15) is 0 Å². The van der Waals surface area contributed by atoms with E-state index in [9.17, 15) is 9.59 Å². The number of benzene rings is 1. The Labute approximate surface area is 116 Å². The Kier molecular flexibility index (Phi) is 4.73. The van der Waals surface area contributed by atoms with Gasteiger partial charge in [0, 0.05) is 18.2 Å². The number of aromatic amines is 2. The Morgan fingerprint density at radius 3 is 2.50 bits per heavy atom. The summed E-state index contributed by atoms with van der Waals surface area (Å²) in [6.45, 7) is 0.608. The van der Waals surface area contributed by atoms with E-state index >= 15 is 0 Å². The van der Waals surface area contributed by atoms with Gasteiger partial charge in [-0.2, -0.15) is 0 Å². The van der Waals surface area contributed by atoms with E-state index < -0.39 is 0 Å². The highest BCUT2D eigenvalue weighted by molar-refractivity contribution is 5.90. The second kappa shape index (κ2) is 6.72. The van der Waals surface area contributed by atoms with Crippen LogP contribution in [0.15, 0.2) is 35.1 Å². The van der Waals surface area contributed by atoms with Crippen LogP contribution in [0.5, 0.6) is 0 Å². The standard InChI is InChI=1S/C14H18N4O2/c15-8-2-1-3-13(19)16-11-6-4-10(5-7-11)12-9-14(20)18-17-12/h4-7,9H,1-3,8,15H2,(H,16,19)(H2,17,18,20). The number of hydrogen-bond acceptors (Lipinski definition) is 3. The minimum Gasteiger partial charge on any atom is -0.330 e. The van der Waals surface area contributed by atoms with E-state index in [0.29, 0.717) is 13.0 Å². The number of nitrogens with two attached hydrogens (primary N) is 1. The van der Waals surface area contributed by atoms with Gasteiger partial charge in [0.25, 0.3) is 5.56 Å². The van der Waals surface area contributed by atoms with Crippen LogP contribution < -0.4 is 16.6 Å². The third kappa shape index (κ3) is 3.83. The summed E-state index contributed by atoms with van der Waals surface area (Å²) < 4.78 is 0. The predicted molar refractivity (Wildman–Crippen MR) is 78.4 cm³/mol. The molecule has 0 aliphatic carbocycles. The molecule has 1 aromatic heterocycles. The van der Waals surface area contributed by atoms with Gasteiger partial charge in [-0.1, -0.05) is 12.1 Å². The summed E-state index contributed by atoms with van der Waals surface area (Å²) in [4.78, 5) is 22.7. The molecule has 0 atom stereocenters. The molecule has 1 aromatic carbocycles. The van der Waals surface area contributed by atoms with Gasteiger partial charge in [-0.25, -0.2) is 0 Å². The van der Waals surface area contributed by atoms with Crippen molar-refractivity contribution in [1.82, 2.24) is 10.2 Å². The van der Waals surface area contributed by atoms with Gasteiger partial charge in [0.05, 0.1) is 5.69 Å². The van der Waals surface area contributed by atoms with Crippen molar-refractivity contribution >= 4 is 11.6 Å². The first kappa shape index (κ1) is 14.1. The number of unbranched alkanes of at least 4 members (excludes halogenated alkanes) is 1. The van der Waals surface area contributed by atoms with Crippen LogP contribution >= 0.6 is 0 Å². The number of anilines is 1. The molecule has 0 unspecified atom stereocenters. The van der Waals surface area contributed by atoms with Crippen LogP contribution in [0, 0.1) is 0 Å². The van der Waals surface area contributed by atoms with E-state index in [1.165, 1.54) is 6.07 Å². The first-order chi connectivity index (χ1) is 9.69. The van der Waals surface area contributed by atoms with Crippen molar-refractivity contribution in [3.8, 4) is 11.3 Å². The topological polar surface area (TPSA) is 104 Å². The Morgan fingerprint density at radius 2 is 1.90 bits per heavy atom. The third-order valence-corrected chi connectivity index (χ3v) is 2.93. The largest absolute Gasteiger partial charge is 0.330 e. The van der Waals surface area contributed by atoms with Gasteiger partial charge in [-0.3, -0.25) is 19.8 Å². The lowest BCUT2D eigenvalue weighted by Gasteiger charge is -2.05. The van der Waals surface area contributed by atoms with Crippen LogP contribution in [0.1, 0.15) is 19.3 Å². The Hall–Kier alpha value is -2.34. The van der Waals surface area contributed by atoms with Crippen molar-refractivity contribution in [1.29, 1.82) is 0 Å². The Balaban J connectivity index is 1.94. The smallest absolute Gasteiger partial charge is 0.264 e. The minimum atomic E-state index is -0.169. The molecule has 2 aromatic rings. The number of nitrogens with one attached hydrogen (secondary N) is 3. The first-order valence-electron chi connectivity index (χ1n) is 6.57. The Bertz CT molecular complexity index is 613. The van der Waals surface area contributed by atoms with Crippen LogP contribution in [0.25, 0.3) is 11.3 Å². The van der Waals surface area contributed by atoms with E-state index in [0.717, 1.165) is 29.8 Å². The van der Waals surface area contributed by atoms with E-state index in [4.69, 9.17) is 5.73 Å². The highest BCUT2D eigenvalue weighted by Crippen LogP contribution is 2.18. The summed E-state index contributed by atoms with van der Waals surface area (Å²) in [7, 11) is 0. The monoisotopic (exact) mass is 274 g/mol. The molecule has 5 N–H and O–H groups in total. The van der Waals surface area contributed by atoms with Gasteiger partial charge >= 0.3 is 0 Å². The van der Waals surface area contributed by atoms with Gasteiger partial charge in [-0.15, -0.1) is 0 Å². The first-order valence-corrected chi connectivity index (χ1v) is 6.57. The molecule has 6 heteroatoms. The van der Waals surface area contributed by atoms with Gasteiger partial charge < -0.3 is 11.1 Å². The summed E-state index contributed by atoms with van der Waals surface area (Å²) >= 11 is 0. The highest BCUT2D eigenvalue weighted by atomic mass is 16.1. The maximum atomic E-state index is 11.6. The van der Waals surface area contributed by atoms with Crippen LogP contribution in [0.3, 0.4) is 0 Å². The van der Waals surface area contributed by atoms with Crippen molar-refractivity contribution in [2.75, 3.05) is 11.9 Å². The number of carbonyl (C=O) groups excluding carboxylic acids is 1. The predicted octanol–water partition coefficient (Wildman–Crippen LogP) is 1.44. The summed E-state index contributed by atoms with van der Waals surface area (Å²) in [5.41, 5.74) is 7.55. The fraction of sp³-hybridized carbons (Fsp3) is 0.286. The molecule has 2 rings (SSSR count). The lowest BCUT2D eigenvalue weighted by molar-refractivity contribution is -0.116. The number of amides is 1. The van der Waals surface area contributed by atoms with Crippen LogP contribution in [0.2, 0.25) is 0 Å². The van der Waals surface area contributed by atoms with Gasteiger partial charge in [0.2, 0.25) is 5.91 Å². The summed E-state index contributed by atoms with van der Waals surface area (Å²) in [6.07, 6.45) is 2.13. The fourth-order valence-corrected chi connectivity index (χ4v) is 1.87. The maximum absolute atomic E-state index is 11.6. The zero-order valence-corrected chi connectivity index (χ0v) is 11.1. The number of rotatable bonds is 6. The molecule has 0 radical (unpaired) electrons. The van der Waals surface area contributed by atoms with Crippen LogP contribution in [-0.4, -0.2) is 22.6 Å². The number of carbonyl (C=O) groups is 1. The summed E-state index contributed by atoms with van der Waals surface area (Å²) in [5.74, 6) is -0.0127. The van der Waals surface area contributed by atoms with Crippen molar-refractivity contribution < 1.29 is 4.79 Å². The lowest BCUT2D eigenvalue weighted by Crippen LogP contribution is -2.11. The van der Waals surface area contributed by atoms with Crippen LogP contribution in [-0.2, 0) is 4.79 Å². The second-order valence-corrected chi connectivity index (χ2v) is 4.54. The molecule has 0 saturated carbocycles. The van der Waals surface area contributed by atoms with E-state index in [1.807, 2.05) is 24.3 Å². The van der Waals surface area contributed by atoms with Crippen molar-refractivity contribution in [2.24, 2.45) is 5.73 Å². The molecular weight excluding hydrogens is 256 g/mol. The molecule has 0 saturated heterocycles. The van der Waals surface area contributed by atoms with Gasteiger partial charge in [0.15, 0.2) is 0 Å². The molecule has 20 heavy (non-hydrogen) atoms. The fourth-order valence-electron chi connectivity index (χ4n) is 1.87. The second-order valence-electron chi connectivity index (χ2n) is 4.54. The summed E-state index contributed by atoms with van der Waals surface area (Å²) in [6, 6.07) is 8.78. The zero-order chi connectivity index (χ0) is 14.4. The molecule has 0 fully saturated rings. The molecule has 0 spiro atoms. The average Bonchev–Trinajstić information content (AvgIpc) is 2.86. The lowest BCUT2D eigenvalue weighted by atomic mass is 10.1. The number of hydrogen-bond donors (Lipinski definition) is 4. The van der Waals surface area contributed by atoms with E-state index in [1.54, 1.807) is 0 Å². The molecule has 1 heterocycles. The molecule has 106 valence electrons. The average molecular weight is 274 g/mol. The molecule has 0 aliphatic rings. The molecule has 6 nitrogen and oxygen atoms in total. The molecule has 0 bridgehead atoms. The van der Waals surface area contributed by atoms with Crippen molar-refractivity contribution in [2.45, 2.75) is 19.3 Å². The number of H-pyrrole nitrogens is 2. The quantitative estimate of drug-likeness (QED) is 0.599. The van der Waals surface area contributed by atoms with Crippen molar-refractivity contribution in [3.63, 3.8) is 0 Å². The molecule has 1 amide bonds. The summed E-state index contributed by atoms with van der Waals surface area (Å²) in [5, 5.41) is 8.09. The zero-order valence-electron chi connectivity index (χ0n) is 11.1. The SMILES string of the molecule is NCCCCC(=O)Nc1ccc(-c2cc(=O)[nH][nH]2)cc1. The molecular formula is C14H18N4O2. The Morgan fingerprint density at radius 1 is 1.15 bits per heavy atom. The number of aromatic nitrogens is 2.